The zero-order chi connectivity index (χ0) is 15.5. The van der Waals surface area contributed by atoms with Gasteiger partial charge in [0.25, 0.3) is 0 Å². The van der Waals surface area contributed by atoms with Crippen LogP contribution in [0.25, 0.3) is 0 Å². The Labute approximate surface area is 128 Å². The summed E-state index contributed by atoms with van der Waals surface area (Å²) in [6.07, 6.45) is 9.09. The highest BCUT2D eigenvalue weighted by Gasteiger charge is 2.37. The van der Waals surface area contributed by atoms with E-state index in [0.717, 1.165) is 51.4 Å². The fourth-order valence-electron chi connectivity index (χ4n) is 3.90. The first-order chi connectivity index (χ1) is 9.93. The van der Waals surface area contributed by atoms with E-state index in [1.807, 2.05) is 0 Å². The maximum atomic E-state index is 12.0. The molecule has 2 N–H and O–H groups in total. The normalized spacial score (nSPS) is 34.4. The number of carbonyl (C=O) groups excluding carboxylic acids is 1. The Bertz CT molecular complexity index is 464. The molecule has 2 aliphatic rings. The molecule has 2 rings (SSSR count). The van der Waals surface area contributed by atoms with E-state index in [9.17, 15) is 13.2 Å². The summed E-state index contributed by atoms with van der Waals surface area (Å²) in [5, 5.41) is 5.99. The molecule has 5 nitrogen and oxygen atoms in total. The SMILES string of the molecule is CNC(=O)C1CCCCC1NC1CCCCC1S(C)(=O)=O. The molecule has 21 heavy (non-hydrogen) atoms. The van der Waals surface area contributed by atoms with E-state index in [2.05, 4.69) is 10.6 Å². The standard InChI is InChI=1S/C15H28N2O3S/c1-16-15(18)11-7-3-4-8-12(11)17-13-9-5-6-10-14(13)21(2,19)20/h11-14,17H,3-10H2,1-2H3,(H,16,18). The molecule has 2 saturated carbocycles. The molecule has 2 aliphatic carbocycles. The first-order valence-corrected chi connectivity index (χ1v) is 10.1. The first kappa shape index (κ1) is 16.7. The lowest BCUT2D eigenvalue weighted by atomic mass is 9.82. The van der Waals surface area contributed by atoms with Crippen LogP contribution in [0, 0.1) is 5.92 Å². The summed E-state index contributed by atoms with van der Waals surface area (Å²) in [5.74, 6) is 0.0600. The van der Waals surface area contributed by atoms with E-state index >= 15 is 0 Å². The van der Waals surface area contributed by atoms with Crippen molar-refractivity contribution in [3.63, 3.8) is 0 Å². The zero-order valence-corrected chi connectivity index (χ0v) is 13.9. The van der Waals surface area contributed by atoms with Crippen LogP contribution in [0.1, 0.15) is 51.4 Å². The minimum absolute atomic E-state index is 0.00371. The van der Waals surface area contributed by atoms with Crippen molar-refractivity contribution >= 4 is 15.7 Å². The van der Waals surface area contributed by atoms with Gasteiger partial charge in [-0.15, -0.1) is 0 Å². The lowest BCUT2D eigenvalue weighted by Crippen LogP contribution is -2.54. The number of rotatable bonds is 4. The molecular weight excluding hydrogens is 288 g/mol. The number of amides is 1. The second-order valence-corrected chi connectivity index (χ2v) is 8.80. The summed E-state index contributed by atoms with van der Waals surface area (Å²) in [7, 11) is -1.36. The van der Waals surface area contributed by atoms with Crippen LogP contribution in [0.2, 0.25) is 0 Å². The number of hydrogen-bond donors (Lipinski definition) is 2. The summed E-state index contributed by atoms with van der Waals surface area (Å²) in [4.78, 5) is 12.0. The Kier molecular flexibility index (Phi) is 5.66. The van der Waals surface area contributed by atoms with Gasteiger partial charge in [0.15, 0.2) is 9.84 Å². The monoisotopic (exact) mass is 316 g/mol. The van der Waals surface area contributed by atoms with E-state index in [-0.39, 0.29) is 29.2 Å². The molecule has 0 radical (unpaired) electrons. The summed E-state index contributed by atoms with van der Waals surface area (Å²) in [5.41, 5.74) is 0. The number of sulfone groups is 1. The predicted molar refractivity (Wildman–Crippen MR) is 83.8 cm³/mol. The first-order valence-electron chi connectivity index (χ1n) is 8.10. The molecule has 0 aliphatic heterocycles. The van der Waals surface area contributed by atoms with Crippen LogP contribution >= 0.6 is 0 Å². The average Bonchev–Trinajstić information content (AvgIpc) is 2.46. The van der Waals surface area contributed by atoms with Crippen molar-refractivity contribution in [1.29, 1.82) is 0 Å². The molecule has 0 bridgehead atoms. The van der Waals surface area contributed by atoms with Crippen LogP contribution in [0.5, 0.6) is 0 Å². The van der Waals surface area contributed by atoms with Gasteiger partial charge in [-0.2, -0.15) is 0 Å². The quantitative estimate of drug-likeness (QED) is 0.818. The maximum absolute atomic E-state index is 12.0. The highest BCUT2D eigenvalue weighted by Crippen LogP contribution is 2.29. The molecular formula is C15H28N2O3S. The van der Waals surface area contributed by atoms with Crippen LogP contribution in [0.3, 0.4) is 0 Å². The van der Waals surface area contributed by atoms with Gasteiger partial charge in [-0.05, 0) is 25.7 Å². The molecule has 1 amide bonds. The van der Waals surface area contributed by atoms with Crippen LogP contribution in [-0.4, -0.2) is 45.0 Å². The van der Waals surface area contributed by atoms with Crippen LogP contribution < -0.4 is 10.6 Å². The molecule has 0 aromatic heterocycles. The second kappa shape index (κ2) is 7.09. The van der Waals surface area contributed by atoms with Crippen molar-refractivity contribution in [3.8, 4) is 0 Å². The predicted octanol–water partition coefficient (Wildman–Crippen LogP) is 1.24. The molecule has 6 heteroatoms. The fourth-order valence-corrected chi connectivity index (χ4v) is 5.31. The zero-order valence-electron chi connectivity index (χ0n) is 13.1. The Balaban J connectivity index is 2.08. The Morgan fingerprint density at radius 3 is 2.14 bits per heavy atom. The summed E-state index contributed by atoms with van der Waals surface area (Å²) < 4.78 is 24.0. The third-order valence-corrected chi connectivity index (χ3v) is 6.69. The van der Waals surface area contributed by atoms with Gasteiger partial charge >= 0.3 is 0 Å². The van der Waals surface area contributed by atoms with Gasteiger partial charge in [0, 0.05) is 25.4 Å². The third kappa shape index (κ3) is 4.19. The van der Waals surface area contributed by atoms with Crippen LogP contribution in [-0.2, 0) is 14.6 Å². The van der Waals surface area contributed by atoms with Crippen molar-refractivity contribution in [2.45, 2.75) is 68.7 Å². The van der Waals surface area contributed by atoms with Crippen LogP contribution in [0.15, 0.2) is 0 Å². The van der Waals surface area contributed by atoms with E-state index in [4.69, 9.17) is 0 Å². The van der Waals surface area contributed by atoms with Gasteiger partial charge in [0.05, 0.1) is 11.2 Å². The van der Waals surface area contributed by atoms with Gasteiger partial charge in [-0.3, -0.25) is 4.79 Å². The van der Waals surface area contributed by atoms with Crippen LogP contribution in [0.4, 0.5) is 0 Å². The Hall–Kier alpha value is -0.620. The minimum Gasteiger partial charge on any atom is -0.359 e. The molecule has 4 unspecified atom stereocenters. The van der Waals surface area contributed by atoms with Gasteiger partial charge in [-0.25, -0.2) is 8.42 Å². The lowest BCUT2D eigenvalue weighted by molar-refractivity contribution is -0.126. The highest BCUT2D eigenvalue weighted by molar-refractivity contribution is 7.91. The number of hydrogen-bond acceptors (Lipinski definition) is 4. The topological polar surface area (TPSA) is 75.3 Å². The van der Waals surface area contributed by atoms with E-state index in [1.165, 1.54) is 6.26 Å². The molecule has 0 heterocycles. The second-order valence-electron chi connectivity index (χ2n) is 6.54. The average molecular weight is 316 g/mol. The Morgan fingerprint density at radius 1 is 0.952 bits per heavy atom. The van der Waals surface area contributed by atoms with E-state index in [0.29, 0.717) is 0 Å². The van der Waals surface area contributed by atoms with Gasteiger partial charge in [0.1, 0.15) is 0 Å². The van der Waals surface area contributed by atoms with Gasteiger partial charge in [-0.1, -0.05) is 25.7 Å². The van der Waals surface area contributed by atoms with Gasteiger partial charge in [0.2, 0.25) is 5.91 Å². The molecule has 122 valence electrons. The van der Waals surface area contributed by atoms with Crippen molar-refractivity contribution in [3.05, 3.63) is 0 Å². The number of nitrogens with one attached hydrogen (secondary N) is 2. The van der Waals surface area contributed by atoms with Crippen molar-refractivity contribution in [2.75, 3.05) is 13.3 Å². The summed E-state index contributed by atoms with van der Waals surface area (Å²) >= 11 is 0. The van der Waals surface area contributed by atoms with E-state index < -0.39 is 9.84 Å². The highest BCUT2D eigenvalue weighted by atomic mass is 32.2. The fraction of sp³-hybridized carbons (Fsp3) is 0.933. The van der Waals surface area contributed by atoms with E-state index in [1.54, 1.807) is 7.05 Å². The molecule has 0 spiro atoms. The smallest absolute Gasteiger partial charge is 0.224 e. The largest absolute Gasteiger partial charge is 0.359 e. The van der Waals surface area contributed by atoms with Crippen molar-refractivity contribution in [1.82, 2.24) is 10.6 Å². The lowest BCUT2D eigenvalue weighted by Gasteiger charge is -2.38. The molecule has 4 atom stereocenters. The summed E-state index contributed by atoms with van der Waals surface area (Å²) in [6, 6.07) is 0.120. The summed E-state index contributed by atoms with van der Waals surface area (Å²) in [6.45, 7) is 0. The van der Waals surface area contributed by atoms with Crippen molar-refractivity contribution < 1.29 is 13.2 Å². The number of carbonyl (C=O) groups is 1. The molecule has 0 aromatic rings. The Morgan fingerprint density at radius 2 is 1.52 bits per heavy atom. The minimum atomic E-state index is -3.03. The molecule has 0 aromatic carbocycles. The van der Waals surface area contributed by atoms with Gasteiger partial charge < -0.3 is 10.6 Å². The van der Waals surface area contributed by atoms with Crippen molar-refractivity contribution in [2.24, 2.45) is 5.92 Å². The molecule has 0 saturated heterocycles. The molecule has 2 fully saturated rings. The maximum Gasteiger partial charge on any atom is 0.224 e. The third-order valence-electron chi connectivity index (χ3n) is 5.03.